The van der Waals surface area contributed by atoms with E-state index in [0.29, 0.717) is 6.61 Å². The first-order valence-electron chi connectivity index (χ1n) is 7.01. The summed E-state index contributed by atoms with van der Waals surface area (Å²) in [6, 6.07) is 10.4. The highest BCUT2D eigenvalue weighted by Gasteiger charge is 2.55. The fourth-order valence-electron chi connectivity index (χ4n) is 2.22. The Labute approximate surface area is 127 Å². The predicted octanol–water partition coefficient (Wildman–Crippen LogP) is 3.82. The average Bonchev–Trinajstić information content (AvgIpc) is 2.62. The zero-order valence-electron chi connectivity index (χ0n) is 12.9. The lowest BCUT2D eigenvalue weighted by molar-refractivity contribution is 0.117. The maximum Gasteiger partial charge on any atom is 0.537 e. The van der Waals surface area contributed by atoms with Crippen LogP contribution in [0.15, 0.2) is 30.3 Å². The Morgan fingerprint density at radius 1 is 1.30 bits per heavy atom. The number of halogens is 1. The second-order valence-corrected chi connectivity index (χ2v) is 10.3. The third-order valence-electron chi connectivity index (χ3n) is 3.55. The fraction of sp³-hybridized carbons (Fsp3) is 0.600. The Morgan fingerprint density at radius 3 is 2.45 bits per heavy atom. The van der Waals surface area contributed by atoms with Gasteiger partial charge in [0.2, 0.25) is 0 Å². The summed E-state index contributed by atoms with van der Waals surface area (Å²) in [5.41, 5.74) is 1.23. The second-order valence-electron chi connectivity index (χ2n) is 6.65. The molecule has 3 atom stereocenters. The number of hydrogen-bond acceptors (Lipinski definition) is 3. The molecule has 1 aromatic carbocycles. The van der Waals surface area contributed by atoms with Gasteiger partial charge in [-0.3, -0.25) is 4.57 Å². The minimum Gasteiger partial charge on any atom is -0.370 e. The van der Waals surface area contributed by atoms with Crippen LogP contribution in [-0.2, 0) is 8.85 Å². The van der Waals surface area contributed by atoms with Crippen LogP contribution >= 0.6 is 11.1 Å². The molecule has 2 rings (SSSR count). The van der Waals surface area contributed by atoms with Crippen LogP contribution in [0.25, 0.3) is 0 Å². The highest BCUT2D eigenvalue weighted by Crippen LogP contribution is 2.40. The van der Waals surface area contributed by atoms with Crippen molar-refractivity contribution in [3.63, 3.8) is 0 Å². The van der Waals surface area contributed by atoms with Crippen molar-refractivity contribution in [1.29, 1.82) is 0 Å². The van der Waals surface area contributed by atoms with Crippen molar-refractivity contribution in [1.82, 2.24) is 4.57 Å². The molecule has 5 heteroatoms. The van der Waals surface area contributed by atoms with Crippen LogP contribution in [0.1, 0.15) is 39.4 Å². The molecule has 0 aromatic heterocycles. The molecule has 1 aliphatic rings. The maximum absolute atomic E-state index is 6.69. The van der Waals surface area contributed by atoms with Gasteiger partial charge in [-0.25, -0.2) is 0 Å². The molecule has 0 aliphatic carbocycles. The standard InChI is InChI=1S/C15H24ClNO2Si/c1-12-14(13-9-7-6-8-10-13)19-20(16,17(12)5)18-11-15(2,3)4/h6-10,12,14H,11H2,1-5H3/t12-,14+,20?/m0/s1. The summed E-state index contributed by atoms with van der Waals surface area (Å²) >= 11 is 6.69. The van der Waals surface area contributed by atoms with Gasteiger partial charge in [0.05, 0.1) is 6.10 Å². The Morgan fingerprint density at radius 2 is 1.90 bits per heavy atom. The Kier molecular flexibility index (Phi) is 4.62. The molecule has 0 radical (unpaired) electrons. The first-order valence-corrected chi connectivity index (χ1v) is 9.79. The largest absolute Gasteiger partial charge is 0.537 e. The fourth-order valence-corrected chi connectivity index (χ4v) is 5.45. The van der Waals surface area contributed by atoms with Crippen LogP contribution in [-0.4, -0.2) is 32.3 Å². The minimum absolute atomic E-state index is 0.0228. The third-order valence-corrected chi connectivity index (χ3v) is 7.24. The highest BCUT2D eigenvalue weighted by molar-refractivity contribution is 7.11. The lowest BCUT2D eigenvalue weighted by atomic mass is 9.99. The normalized spacial score (nSPS) is 31.7. The van der Waals surface area contributed by atoms with Crippen LogP contribution in [0.2, 0.25) is 0 Å². The molecule has 1 aliphatic heterocycles. The maximum atomic E-state index is 6.69. The number of likely N-dealkylation sites (N-methyl/N-ethyl adjacent to an activating group) is 1. The summed E-state index contributed by atoms with van der Waals surface area (Å²) in [6.07, 6.45) is -0.0228. The van der Waals surface area contributed by atoms with Gasteiger partial charge in [0.1, 0.15) is 0 Å². The molecular formula is C15H24ClNO2Si. The molecular weight excluding hydrogens is 290 g/mol. The van der Waals surface area contributed by atoms with Gasteiger partial charge < -0.3 is 8.85 Å². The molecule has 1 heterocycles. The molecule has 0 amide bonds. The van der Waals surface area contributed by atoms with E-state index in [1.165, 1.54) is 0 Å². The molecule has 0 saturated carbocycles. The van der Waals surface area contributed by atoms with E-state index in [1.807, 2.05) is 25.2 Å². The minimum atomic E-state index is -2.80. The van der Waals surface area contributed by atoms with Crippen molar-refractivity contribution in [3.8, 4) is 0 Å². The van der Waals surface area contributed by atoms with Crippen molar-refractivity contribution in [2.45, 2.75) is 39.8 Å². The summed E-state index contributed by atoms with van der Waals surface area (Å²) < 4.78 is 14.2. The third kappa shape index (κ3) is 3.43. The Bertz CT molecular complexity index is 451. The Hall–Kier alpha value is -0.393. The van der Waals surface area contributed by atoms with Gasteiger partial charge in [-0.2, -0.15) is 0 Å². The molecule has 112 valence electrons. The lowest BCUT2D eigenvalue weighted by Gasteiger charge is -2.29. The number of rotatable bonds is 3. The molecule has 1 unspecified atom stereocenters. The van der Waals surface area contributed by atoms with Gasteiger partial charge in [-0.15, -0.1) is 0 Å². The van der Waals surface area contributed by atoms with Gasteiger partial charge in [0, 0.05) is 12.6 Å². The molecule has 0 N–H and O–H groups in total. The zero-order valence-corrected chi connectivity index (χ0v) is 14.6. The van der Waals surface area contributed by atoms with Crippen LogP contribution in [0, 0.1) is 5.41 Å². The van der Waals surface area contributed by atoms with Gasteiger partial charge >= 0.3 is 8.03 Å². The second kappa shape index (κ2) is 5.77. The van der Waals surface area contributed by atoms with Crippen LogP contribution in [0.3, 0.4) is 0 Å². The van der Waals surface area contributed by atoms with Crippen LogP contribution < -0.4 is 0 Å². The van der Waals surface area contributed by atoms with E-state index >= 15 is 0 Å². The molecule has 0 bridgehead atoms. The monoisotopic (exact) mass is 313 g/mol. The predicted molar refractivity (Wildman–Crippen MR) is 84.5 cm³/mol. The Balaban J connectivity index is 2.14. The van der Waals surface area contributed by atoms with Crippen molar-refractivity contribution >= 4 is 19.1 Å². The first kappa shape index (κ1) is 16.0. The van der Waals surface area contributed by atoms with E-state index < -0.39 is 8.03 Å². The molecule has 1 saturated heterocycles. The van der Waals surface area contributed by atoms with Gasteiger partial charge in [-0.1, -0.05) is 62.2 Å². The molecule has 3 nitrogen and oxygen atoms in total. The summed E-state index contributed by atoms with van der Waals surface area (Å²) in [6.45, 7) is 9.13. The van der Waals surface area contributed by atoms with E-state index in [4.69, 9.17) is 19.9 Å². The molecule has 1 aromatic rings. The molecule has 20 heavy (non-hydrogen) atoms. The van der Waals surface area contributed by atoms with Crippen molar-refractivity contribution in [2.75, 3.05) is 13.7 Å². The summed E-state index contributed by atoms with van der Waals surface area (Å²) in [4.78, 5) is 0. The van der Waals surface area contributed by atoms with Crippen molar-refractivity contribution in [3.05, 3.63) is 35.9 Å². The van der Waals surface area contributed by atoms with Gasteiger partial charge in [0.15, 0.2) is 0 Å². The van der Waals surface area contributed by atoms with E-state index in [0.717, 1.165) is 5.56 Å². The van der Waals surface area contributed by atoms with Crippen LogP contribution in [0.5, 0.6) is 0 Å². The van der Waals surface area contributed by atoms with Crippen molar-refractivity contribution in [2.24, 2.45) is 5.41 Å². The smallest absolute Gasteiger partial charge is 0.370 e. The topological polar surface area (TPSA) is 21.7 Å². The SMILES string of the molecule is C[C@H]1[C@H](c2ccccc2)O[Si](Cl)(OCC(C)(C)C)N1C. The van der Waals surface area contributed by atoms with Crippen LogP contribution in [0.4, 0.5) is 0 Å². The lowest BCUT2D eigenvalue weighted by Crippen LogP contribution is -2.49. The first-order chi connectivity index (χ1) is 9.23. The van der Waals surface area contributed by atoms with Crippen molar-refractivity contribution < 1.29 is 8.85 Å². The number of benzene rings is 1. The van der Waals surface area contributed by atoms with E-state index in [-0.39, 0.29) is 17.6 Å². The summed E-state index contributed by atoms with van der Waals surface area (Å²) in [5, 5.41) is 0. The van der Waals surface area contributed by atoms with Gasteiger partial charge in [0.25, 0.3) is 0 Å². The number of hydrogen-bond donors (Lipinski definition) is 0. The zero-order chi connectivity index (χ0) is 15.0. The molecule has 1 fully saturated rings. The van der Waals surface area contributed by atoms with E-state index in [1.54, 1.807) is 0 Å². The highest BCUT2D eigenvalue weighted by atomic mass is 35.6. The van der Waals surface area contributed by atoms with E-state index in [9.17, 15) is 0 Å². The quantitative estimate of drug-likeness (QED) is 0.625. The van der Waals surface area contributed by atoms with Gasteiger partial charge in [-0.05, 0) is 24.9 Å². The summed E-state index contributed by atoms with van der Waals surface area (Å²) in [7, 11) is -0.807. The van der Waals surface area contributed by atoms with E-state index in [2.05, 4.69) is 44.4 Å². The molecule has 0 spiro atoms. The summed E-state index contributed by atoms with van der Waals surface area (Å²) in [5.74, 6) is 0. The number of nitrogens with zero attached hydrogens (tertiary/aromatic N) is 1. The average molecular weight is 314 g/mol.